The lowest BCUT2D eigenvalue weighted by atomic mass is 10.2. The Kier molecular flexibility index (Phi) is 3.80. The van der Waals surface area contributed by atoms with E-state index >= 15 is 0 Å². The summed E-state index contributed by atoms with van der Waals surface area (Å²) < 4.78 is 11.0. The summed E-state index contributed by atoms with van der Waals surface area (Å²) in [6.07, 6.45) is 0. The van der Waals surface area contributed by atoms with Gasteiger partial charge in [0.1, 0.15) is 11.4 Å². The molecule has 2 nitrogen and oxygen atoms in total. The maximum Gasteiger partial charge on any atom is 0.108 e. The van der Waals surface area contributed by atoms with Gasteiger partial charge < -0.3 is 0 Å². The normalized spacial score (nSPS) is 12.4. The molecule has 0 unspecified atom stereocenters. The Labute approximate surface area is 205 Å². The number of thiophene rings is 6. The average molecular weight is 519 g/mol. The molecule has 0 amide bonds. The molecule has 0 bridgehead atoms. The summed E-state index contributed by atoms with van der Waals surface area (Å²) >= 11 is 11.1. The smallest absolute Gasteiger partial charge is 0.108 e. The predicted octanol–water partition coefficient (Wildman–Crippen LogP) is 9.95. The number of hydrogen-bond acceptors (Lipinski definition) is 8. The highest BCUT2D eigenvalue weighted by molar-refractivity contribution is 7.39. The molecule has 8 heteroatoms. The molecule has 7 aromatic heterocycles. The minimum absolute atomic E-state index is 0.947. The highest BCUT2D eigenvalue weighted by Gasteiger charge is 2.20. The van der Waals surface area contributed by atoms with Crippen molar-refractivity contribution in [3.8, 4) is 21.1 Å². The van der Waals surface area contributed by atoms with Crippen molar-refractivity contribution in [3.63, 3.8) is 0 Å². The van der Waals surface area contributed by atoms with Crippen molar-refractivity contribution in [2.45, 2.75) is 0 Å². The molecule has 0 atom stereocenters. The van der Waals surface area contributed by atoms with Crippen LogP contribution < -0.4 is 0 Å². The predicted molar refractivity (Wildman–Crippen MR) is 148 cm³/mol. The van der Waals surface area contributed by atoms with Gasteiger partial charge in [0.25, 0.3) is 0 Å². The standard InChI is InChI=1S/C24H10N2S6/c1-2-4-12-11(3-1)25-19(15-9-17-23(31-15)21-13(29-17)5-7-27-21)20(26-12)16-10-18-24(32-16)22-14(30-18)6-8-28-22/h1-10H. The number of fused-ring (bicyclic) bond motifs is 7. The van der Waals surface area contributed by atoms with Gasteiger partial charge in [-0.3, -0.25) is 0 Å². The van der Waals surface area contributed by atoms with Gasteiger partial charge in [-0.15, -0.1) is 68.0 Å². The van der Waals surface area contributed by atoms with Gasteiger partial charge in [-0.2, -0.15) is 0 Å². The fraction of sp³-hybridized carbons (Fsp3) is 0. The second-order valence-electron chi connectivity index (χ2n) is 7.45. The third-order valence-electron chi connectivity index (χ3n) is 5.54. The number of para-hydroxylation sites is 2. The molecule has 0 radical (unpaired) electrons. The Morgan fingerprint density at radius 3 is 1.50 bits per heavy atom. The van der Waals surface area contributed by atoms with E-state index in [9.17, 15) is 0 Å². The molecule has 0 saturated carbocycles. The Hall–Kier alpha value is -2.20. The summed E-state index contributed by atoms with van der Waals surface area (Å²) in [5, 5.41) is 4.37. The first-order chi connectivity index (χ1) is 15.8. The van der Waals surface area contributed by atoms with Crippen LogP contribution in [0.5, 0.6) is 0 Å². The second kappa shape index (κ2) is 6.66. The van der Waals surface area contributed by atoms with Crippen molar-refractivity contribution in [2.75, 3.05) is 0 Å². The van der Waals surface area contributed by atoms with Gasteiger partial charge in [-0.1, -0.05) is 12.1 Å². The first-order valence-electron chi connectivity index (χ1n) is 9.88. The lowest BCUT2D eigenvalue weighted by molar-refractivity contribution is 1.31. The van der Waals surface area contributed by atoms with Gasteiger partial charge in [0.05, 0.1) is 39.6 Å². The first-order valence-corrected chi connectivity index (χ1v) is 14.9. The van der Waals surface area contributed by atoms with Crippen LogP contribution in [-0.2, 0) is 0 Å². The highest BCUT2D eigenvalue weighted by atomic mass is 32.1. The Morgan fingerprint density at radius 2 is 1.00 bits per heavy atom. The molecule has 0 fully saturated rings. The minimum atomic E-state index is 0.947. The van der Waals surface area contributed by atoms with E-state index in [1.165, 1.54) is 47.4 Å². The summed E-state index contributed by atoms with van der Waals surface area (Å²) in [6, 6.07) is 17.3. The molecular formula is C24H10N2S6. The summed E-state index contributed by atoms with van der Waals surface area (Å²) in [5.41, 5.74) is 3.89. The van der Waals surface area contributed by atoms with Gasteiger partial charge in [0.15, 0.2) is 0 Å². The first kappa shape index (κ1) is 18.3. The molecule has 0 saturated heterocycles. The molecular weight excluding hydrogens is 509 g/mol. The monoisotopic (exact) mass is 518 g/mol. The van der Waals surface area contributed by atoms with Crippen LogP contribution in [0.2, 0.25) is 0 Å². The zero-order chi connectivity index (χ0) is 20.8. The fourth-order valence-electron chi connectivity index (χ4n) is 4.12. The van der Waals surface area contributed by atoms with Gasteiger partial charge in [0.2, 0.25) is 0 Å². The molecule has 1 aromatic carbocycles. The summed E-state index contributed by atoms with van der Waals surface area (Å²) in [5.74, 6) is 0. The molecule has 32 heavy (non-hydrogen) atoms. The van der Waals surface area contributed by atoms with E-state index in [1.54, 1.807) is 0 Å². The van der Waals surface area contributed by atoms with Crippen LogP contribution in [0.3, 0.4) is 0 Å². The quantitative estimate of drug-likeness (QED) is 0.227. The van der Waals surface area contributed by atoms with Crippen molar-refractivity contribution >= 4 is 117 Å². The molecule has 0 aliphatic heterocycles. The van der Waals surface area contributed by atoms with Crippen LogP contribution in [0.25, 0.3) is 69.8 Å². The lowest BCUT2D eigenvalue weighted by Crippen LogP contribution is -1.92. The summed E-state index contributed by atoms with van der Waals surface area (Å²) in [7, 11) is 0. The van der Waals surface area contributed by atoms with Crippen molar-refractivity contribution in [2.24, 2.45) is 0 Å². The number of benzene rings is 1. The Morgan fingerprint density at radius 1 is 0.500 bits per heavy atom. The van der Waals surface area contributed by atoms with Crippen LogP contribution in [0.1, 0.15) is 0 Å². The zero-order valence-corrected chi connectivity index (χ0v) is 21.0. The van der Waals surface area contributed by atoms with Crippen molar-refractivity contribution in [3.05, 3.63) is 59.3 Å². The van der Waals surface area contributed by atoms with Crippen molar-refractivity contribution < 1.29 is 0 Å². The molecule has 8 rings (SSSR count). The van der Waals surface area contributed by atoms with Gasteiger partial charge in [-0.05, 0) is 47.2 Å². The van der Waals surface area contributed by atoms with Gasteiger partial charge in [-0.25, -0.2) is 9.97 Å². The molecule has 8 aromatic rings. The van der Waals surface area contributed by atoms with Gasteiger partial charge in [0, 0.05) is 18.8 Å². The third kappa shape index (κ3) is 2.53. The van der Waals surface area contributed by atoms with E-state index in [0.717, 1.165) is 22.4 Å². The Bertz CT molecular complexity index is 1810. The number of rotatable bonds is 2. The number of nitrogens with zero attached hydrogens (tertiary/aromatic N) is 2. The average Bonchev–Trinajstić information content (AvgIpc) is 3.59. The fourth-order valence-corrected chi connectivity index (χ4v) is 11.6. The minimum Gasteiger partial charge on any atom is -0.243 e. The maximum atomic E-state index is 5.14. The molecule has 152 valence electrons. The molecule has 0 spiro atoms. The van der Waals surface area contributed by atoms with Crippen molar-refractivity contribution in [1.29, 1.82) is 0 Å². The van der Waals surface area contributed by atoms with E-state index in [1.807, 2.05) is 80.2 Å². The molecule has 0 aliphatic rings. The topological polar surface area (TPSA) is 25.8 Å². The second-order valence-corrected chi connectivity index (χ2v) is 13.6. The third-order valence-corrected chi connectivity index (χ3v) is 12.7. The van der Waals surface area contributed by atoms with E-state index in [0.29, 0.717) is 0 Å². The van der Waals surface area contributed by atoms with E-state index in [-0.39, 0.29) is 0 Å². The van der Waals surface area contributed by atoms with Crippen molar-refractivity contribution in [1.82, 2.24) is 9.97 Å². The van der Waals surface area contributed by atoms with Crippen LogP contribution in [-0.4, -0.2) is 9.97 Å². The zero-order valence-electron chi connectivity index (χ0n) is 16.1. The number of aromatic nitrogens is 2. The van der Waals surface area contributed by atoms with E-state index < -0.39 is 0 Å². The maximum absolute atomic E-state index is 5.14. The van der Waals surface area contributed by atoms with Crippen LogP contribution in [0.4, 0.5) is 0 Å². The lowest BCUT2D eigenvalue weighted by Gasteiger charge is -2.07. The highest BCUT2D eigenvalue weighted by Crippen LogP contribution is 2.49. The van der Waals surface area contributed by atoms with Gasteiger partial charge >= 0.3 is 0 Å². The van der Waals surface area contributed by atoms with Crippen LogP contribution in [0.15, 0.2) is 59.3 Å². The molecule has 0 aliphatic carbocycles. The molecule has 0 N–H and O–H groups in total. The largest absolute Gasteiger partial charge is 0.243 e. The summed E-state index contributed by atoms with van der Waals surface area (Å²) in [6.45, 7) is 0. The summed E-state index contributed by atoms with van der Waals surface area (Å²) in [4.78, 5) is 12.7. The number of hydrogen-bond donors (Lipinski definition) is 0. The Balaban J connectivity index is 1.42. The van der Waals surface area contributed by atoms with Crippen LogP contribution >= 0.6 is 68.0 Å². The van der Waals surface area contributed by atoms with Crippen LogP contribution in [0, 0.1) is 0 Å². The SMILES string of the molecule is c1ccc2nc(-c3cc4sc5ccsc5c4s3)c(-c3cc4sc5ccsc5c4s3)nc2c1. The molecule has 7 heterocycles. The van der Waals surface area contributed by atoms with E-state index in [2.05, 4.69) is 47.2 Å². The van der Waals surface area contributed by atoms with E-state index in [4.69, 9.17) is 9.97 Å².